The summed E-state index contributed by atoms with van der Waals surface area (Å²) >= 11 is 7.84. The number of fused-ring (bicyclic) bond motifs is 1. The summed E-state index contributed by atoms with van der Waals surface area (Å²) in [4.78, 5) is 7.10. The summed E-state index contributed by atoms with van der Waals surface area (Å²) < 4.78 is 0. The van der Waals surface area contributed by atoms with Gasteiger partial charge in [-0.2, -0.15) is 0 Å². The van der Waals surface area contributed by atoms with Crippen LogP contribution in [0.3, 0.4) is 0 Å². The van der Waals surface area contributed by atoms with Crippen molar-refractivity contribution < 1.29 is 0 Å². The first kappa shape index (κ1) is 15.4. The molecule has 0 aromatic heterocycles. The van der Waals surface area contributed by atoms with Crippen LogP contribution in [0.1, 0.15) is 31.2 Å². The number of hydrogen-bond acceptors (Lipinski definition) is 3. The Morgan fingerprint density at radius 1 is 1.14 bits per heavy atom. The van der Waals surface area contributed by atoms with Gasteiger partial charge in [-0.3, -0.25) is 4.99 Å². The lowest BCUT2D eigenvalue weighted by Crippen LogP contribution is -2.44. The SMILES string of the molecule is Br.Clc1ccc(C2(C3=CSC4=NCCCN34)CCC2)cc1. The van der Waals surface area contributed by atoms with Crippen LogP contribution in [0.4, 0.5) is 0 Å². The van der Waals surface area contributed by atoms with Crippen molar-refractivity contribution in [2.45, 2.75) is 31.1 Å². The summed E-state index contributed by atoms with van der Waals surface area (Å²) in [6.45, 7) is 2.10. The predicted octanol–water partition coefficient (Wildman–Crippen LogP) is 4.99. The van der Waals surface area contributed by atoms with Crippen LogP contribution in [0.15, 0.2) is 40.4 Å². The third kappa shape index (κ3) is 2.45. The highest BCUT2D eigenvalue weighted by Crippen LogP contribution is 2.53. The number of amidine groups is 1. The Kier molecular flexibility index (Phi) is 4.40. The fourth-order valence-electron chi connectivity index (χ4n) is 3.44. The minimum Gasteiger partial charge on any atom is -0.323 e. The Balaban J connectivity index is 0.00000132. The highest BCUT2D eigenvalue weighted by Gasteiger charge is 2.47. The molecule has 0 N–H and O–H groups in total. The van der Waals surface area contributed by atoms with E-state index < -0.39 is 0 Å². The van der Waals surface area contributed by atoms with Gasteiger partial charge in [0.05, 0.1) is 0 Å². The van der Waals surface area contributed by atoms with E-state index in [1.807, 2.05) is 12.1 Å². The van der Waals surface area contributed by atoms with E-state index >= 15 is 0 Å². The smallest absolute Gasteiger partial charge is 0.167 e. The third-order valence-electron chi connectivity index (χ3n) is 4.68. The van der Waals surface area contributed by atoms with Gasteiger partial charge in [0.2, 0.25) is 0 Å². The number of thioether (sulfide) groups is 1. The molecule has 4 rings (SSSR count). The average molecular weight is 386 g/mol. The van der Waals surface area contributed by atoms with Crippen LogP contribution < -0.4 is 0 Å². The lowest BCUT2D eigenvalue weighted by Gasteiger charge is -2.47. The molecule has 0 atom stereocenters. The summed E-state index contributed by atoms with van der Waals surface area (Å²) in [5, 5.41) is 4.35. The van der Waals surface area contributed by atoms with Crippen molar-refractivity contribution in [3.05, 3.63) is 46.0 Å². The van der Waals surface area contributed by atoms with Gasteiger partial charge in [0, 0.05) is 29.2 Å². The Bertz CT molecular complexity index is 593. The summed E-state index contributed by atoms with van der Waals surface area (Å²) in [5.74, 6) is 0. The highest BCUT2D eigenvalue weighted by atomic mass is 79.9. The van der Waals surface area contributed by atoms with Crippen molar-refractivity contribution in [3.63, 3.8) is 0 Å². The third-order valence-corrected chi connectivity index (χ3v) is 5.83. The standard InChI is InChI=1S/C16H17ClN2S.BrH/c17-13-5-3-12(4-6-13)16(7-1-8-16)14-11-20-15-18-9-2-10-19(14)15;/h3-6,11H,1-2,7-10H2;1H. The highest BCUT2D eigenvalue weighted by molar-refractivity contribution is 8.93. The van der Waals surface area contributed by atoms with Gasteiger partial charge < -0.3 is 4.90 Å². The van der Waals surface area contributed by atoms with E-state index in [1.165, 1.54) is 35.7 Å². The number of hydrogen-bond donors (Lipinski definition) is 0. The molecule has 112 valence electrons. The Morgan fingerprint density at radius 2 is 1.90 bits per heavy atom. The maximum Gasteiger partial charge on any atom is 0.167 e. The molecule has 0 bridgehead atoms. The van der Waals surface area contributed by atoms with E-state index in [0.29, 0.717) is 0 Å². The van der Waals surface area contributed by atoms with Gasteiger partial charge >= 0.3 is 0 Å². The van der Waals surface area contributed by atoms with Gasteiger partial charge in [-0.1, -0.05) is 41.9 Å². The summed E-state index contributed by atoms with van der Waals surface area (Å²) in [5.41, 5.74) is 3.08. The first-order valence-electron chi connectivity index (χ1n) is 7.25. The Labute approximate surface area is 145 Å². The number of benzene rings is 1. The van der Waals surface area contributed by atoms with E-state index in [0.717, 1.165) is 24.5 Å². The molecule has 1 aromatic carbocycles. The molecule has 0 radical (unpaired) electrons. The van der Waals surface area contributed by atoms with Crippen LogP contribution in [-0.2, 0) is 5.41 Å². The van der Waals surface area contributed by atoms with Crippen molar-refractivity contribution in [1.82, 2.24) is 4.90 Å². The lowest BCUT2D eigenvalue weighted by molar-refractivity contribution is 0.245. The topological polar surface area (TPSA) is 15.6 Å². The largest absolute Gasteiger partial charge is 0.323 e. The van der Waals surface area contributed by atoms with Crippen molar-refractivity contribution in [3.8, 4) is 0 Å². The molecule has 0 amide bonds. The zero-order chi connectivity index (χ0) is 13.6. The van der Waals surface area contributed by atoms with Crippen LogP contribution >= 0.6 is 40.3 Å². The second-order valence-corrected chi connectivity index (χ2v) is 7.01. The number of rotatable bonds is 2. The Morgan fingerprint density at radius 3 is 2.57 bits per heavy atom. The van der Waals surface area contributed by atoms with Crippen molar-refractivity contribution in [2.75, 3.05) is 13.1 Å². The second kappa shape index (κ2) is 5.98. The first-order chi connectivity index (χ1) is 9.79. The molecule has 5 heteroatoms. The molecular formula is C16H18BrClN2S. The van der Waals surface area contributed by atoms with E-state index in [2.05, 4.69) is 27.4 Å². The molecule has 1 aromatic rings. The van der Waals surface area contributed by atoms with Gasteiger partial charge in [-0.25, -0.2) is 0 Å². The van der Waals surface area contributed by atoms with Gasteiger partial charge in [0.1, 0.15) is 0 Å². The zero-order valence-corrected chi connectivity index (χ0v) is 15.0. The van der Waals surface area contributed by atoms with Gasteiger partial charge in [0.15, 0.2) is 5.17 Å². The van der Waals surface area contributed by atoms with Gasteiger partial charge in [-0.05, 0) is 42.4 Å². The lowest BCUT2D eigenvalue weighted by atomic mass is 9.62. The quantitative estimate of drug-likeness (QED) is 0.712. The maximum absolute atomic E-state index is 6.05. The summed E-state index contributed by atoms with van der Waals surface area (Å²) in [6, 6.07) is 8.44. The van der Waals surface area contributed by atoms with Crippen molar-refractivity contribution in [2.24, 2.45) is 4.99 Å². The molecule has 3 aliphatic rings. The van der Waals surface area contributed by atoms with E-state index in [9.17, 15) is 0 Å². The minimum absolute atomic E-state index is 0. The first-order valence-corrected chi connectivity index (χ1v) is 8.51. The Hall–Kier alpha value is -0.450. The van der Waals surface area contributed by atoms with Crippen molar-refractivity contribution in [1.29, 1.82) is 0 Å². The average Bonchev–Trinajstić information content (AvgIpc) is 2.84. The number of aliphatic imine (C=N–C) groups is 1. The monoisotopic (exact) mass is 384 g/mol. The second-order valence-electron chi connectivity index (χ2n) is 5.73. The molecule has 2 aliphatic heterocycles. The molecule has 0 spiro atoms. The van der Waals surface area contributed by atoms with E-state index in [1.54, 1.807) is 11.8 Å². The summed E-state index contributed by atoms with van der Waals surface area (Å²) in [6.07, 6.45) is 4.96. The molecule has 21 heavy (non-hydrogen) atoms. The molecule has 1 saturated carbocycles. The van der Waals surface area contributed by atoms with Crippen LogP contribution in [-0.4, -0.2) is 23.2 Å². The molecule has 2 nitrogen and oxygen atoms in total. The van der Waals surface area contributed by atoms with Crippen molar-refractivity contribution >= 4 is 45.5 Å². The molecular weight excluding hydrogens is 368 g/mol. The van der Waals surface area contributed by atoms with Crippen LogP contribution in [0.25, 0.3) is 0 Å². The number of halogens is 2. The van der Waals surface area contributed by atoms with Gasteiger partial charge in [0.25, 0.3) is 0 Å². The maximum atomic E-state index is 6.05. The predicted molar refractivity (Wildman–Crippen MR) is 96.6 cm³/mol. The van der Waals surface area contributed by atoms with E-state index in [4.69, 9.17) is 11.6 Å². The van der Waals surface area contributed by atoms with Crippen LogP contribution in [0.2, 0.25) is 5.02 Å². The molecule has 2 heterocycles. The molecule has 0 saturated heterocycles. The van der Waals surface area contributed by atoms with E-state index in [-0.39, 0.29) is 22.4 Å². The number of allylic oxidation sites excluding steroid dienone is 1. The molecule has 0 unspecified atom stereocenters. The summed E-state index contributed by atoms with van der Waals surface area (Å²) in [7, 11) is 0. The zero-order valence-electron chi connectivity index (χ0n) is 11.7. The molecule has 1 aliphatic carbocycles. The number of nitrogens with zero attached hydrogens (tertiary/aromatic N) is 2. The van der Waals surface area contributed by atoms with Crippen LogP contribution in [0.5, 0.6) is 0 Å². The fraction of sp³-hybridized carbons (Fsp3) is 0.438. The van der Waals surface area contributed by atoms with Crippen LogP contribution in [0, 0.1) is 0 Å². The minimum atomic E-state index is 0. The van der Waals surface area contributed by atoms with Gasteiger partial charge in [-0.15, -0.1) is 17.0 Å². The molecule has 1 fully saturated rings. The fourth-order valence-corrected chi connectivity index (χ4v) is 4.62. The normalized spacial score (nSPS) is 22.6.